The second-order valence-corrected chi connectivity index (χ2v) is 4.18. The number of urea groups is 1. The van der Waals surface area contributed by atoms with Crippen LogP contribution in [0.3, 0.4) is 0 Å². The van der Waals surface area contributed by atoms with E-state index >= 15 is 0 Å². The largest absolute Gasteiger partial charge is 0.480 e. The molecule has 0 aliphatic carbocycles. The van der Waals surface area contributed by atoms with Crippen LogP contribution in [-0.4, -0.2) is 41.1 Å². The van der Waals surface area contributed by atoms with E-state index in [1.165, 1.54) is 6.92 Å². The molecule has 0 aromatic rings. The summed E-state index contributed by atoms with van der Waals surface area (Å²) in [5, 5.41) is 11.1. The normalized spacial score (nSPS) is 19.7. The Labute approximate surface area is 89.4 Å². The van der Waals surface area contributed by atoms with Crippen LogP contribution in [0.4, 0.5) is 4.79 Å². The van der Waals surface area contributed by atoms with Gasteiger partial charge in [-0.3, -0.25) is 4.79 Å². The van der Waals surface area contributed by atoms with Crippen LogP contribution in [0.25, 0.3) is 0 Å². The Morgan fingerprint density at radius 3 is 2.40 bits per heavy atom. The Morgan fingerprint density at radius 1 is 1.40 bits per heavy atom. The highest BCUT2D eigenvalue weighted by Gasteiger charge is 2.22. The number of hydrogen-bond donors (Lipinski definition) is 2. The van der Waals surface area contributed by atoms with Crippen molar-refractivity contribution in [2.75, 3.05) is 13.1 Å². The smallest absolute Gasteiger partial charge is 0.325 e. The predicted octanol–water partition coefficient (Wildman–Crippen LogP) is 0.901. The van der Waals surface area contributed by atoms with Gasteiger partial charge in [0, 0.05) is 13.1 Å². The molecule has 1 fully saturated rings. The minimum Gasteiger partial charge on any atom is -0.480 e. The second kappa shape index (κ2) is 5.00. The average molecular weight is 214 g/mol. The molecule has 0 saturated carbocycles. The van der Waals surface area contributed by atoms with E-state index in [2.05, 4.69) is 12.2 Å². The maximum atomic E-state index is 11.6. The number of nitrogens with zero attached hydrogens (tertiary/aromatic N) is 1. The number of likely N-dealkylation sites (tertiary alicyclic amines) is 1. The molecule has 0 unspecified atom stereocenters. The van der Waals surface area contributed by atoms with Gasteiger partial charge in [0.15, 0.2) is 0 Å². The summed E-state index contributed by atoms with van der Waals surface area (Å²) >= 11 is 0. The zero-order valence-corrected chi connectivity index (χ0v) is 9.19. The summed E-state index contributed by atoms with van der Waals surface area (Å²) in [4.78, 5) is 23.8. The van der Waals surface area contributed by atoms with Crippen molar-refractivity contribution in [3.63, 3.8) is 0 Å². The highest BCUT2D eigenvalue weighted by molar-refractivity contribution is 5.82. The molecule has 0 aromatic heterocycles. The van der Waals surface area contributed by atoms with Crippen LogP contribution >= 0.6 is 0 Å². The van der Waals surface area contributed by atoms with E-state index in [-0.39, 0.29) is 6.03 Å². The van der Waals surface area contributed by atoms with Gasteiger partial charge in [-0.2, -0.15) is 0 Å². The lowest BCUT2D eigenvalue weighted by Gasteiger charge is -2.30. The number of nitrogens with one attached hydrogen (secondary N) is 1. The zero-order valence-electron chi connectivity index (χ0n) is 9.19. The number of amides is 2. The fourth-order valence-corrected chi connectivity index (χ4v) is 1.55. The van der Waals surface area contributed by atoms with Gasteiger partial charge in [-0.1, -0.05) is 6.92 Å². The summed E-state index contributed by atoms with van der Waals surface area (Å²) in [6.07, 6.45) is 1.99. The van der Waals surface area contributed by atoms with Crippen molar-refractivity contribution >= 4 is 12.0 Å². The molecule has 15 heavy (non-hydrogen) atoms. The van der Waals surface area contributed by atoms with Crippen LogP contribution < -0.4 is 5.32 Å². The number of hydrogen-bond acceptors (Lipinski definition) is 2. The van der Waals surface area contributed by atoms with Gasteiger partial charge in [0.2, 0.25) is 0 Å². The third-order valence-electron chi connectivity index (χ3n) is 2.78. The summed E-state index contributed by atoms with van der Waals surface area (Å²) in [6, 6.07) is -1.09. The van der Waals surface area contributed by atoms with Crippen molar-refractivity contribution in [1.82, 2.24) is 10.2 Å². The van der Waals surface area contributed by atoms with E-state index in [4.69, 9.17) is 5.11 Å². The van der Waals surface area contributed by atoms with Crippen molar-refractivity contribution in [2.24, 2.45) is 5.92 Å². The molecule has 1 atom stereocenters. The summed E-state index contributed by atoms with van der Waals surface area (Å²) in [5.41, 5.74) is 0. The molecule has 5 nitrogen and oxygen atoms in total. The molecule has 0 aromatic carbocycles. The first-order valence-electron chi connectivity index (χ1n) is 5.29. The lowest BCUT2D eigenvalue weighted by Crippen LogP contribution is -2.49. The highest BCUT2D eigenvalue weighted by atomic mass is 16.4. The first-order chi connectivity index (χ1) is 7.00. The van der Waals surface area contributed by atoms with Gasteiger partial charge >= 0.3 is 12.0 Å². The van der Waals surface area contributed by atoms with Crippen molar-refractivity contribution < 1.29 is 14.7 Å². The summed E-state index contributed by atoms with van der Waals surface area (Å²) < 4.78 is 0. The minimum atomic E-state index is -1.01. The van der Waals surface area contributed by atoms with Crippen molar-refractivity contribution in [3.05, 3.63) is 0 Å². The standard InChI is InChI=1S/C10H18N2O3/c1-7-3-5-12(6-4-7)10(15)11-8(2)9(13)14/h7-8H,3-6H2,1-2H3,(H,11,15)(H,13,14)/t8-/m1/s1. The molecule has 1 aliphatic heterocycles. The van der Waals surface area contributed by atoms with Crippen molar-refractivity contribution in [1.29, 1.82) is 0 Å². The Morgan fingerprint density at radius 2 is 1.93 bits per heavy atom. The molecule has 1 aliphatic rings. The SMILES string of the molecule is CC1CCN(C(=O)N[C@H](C)C(=O)O)CC1. The van der Waals surface area contributed by atoms with E-state index in [1.54, 1.807) is 4.90 Å². The van der Waals surface area contributed by atoms with Gasteiger partial charge in [0.1, 0.15) is 6.04 Å². The van der Waals surface area contributed by atoms with E-state index in [0.29, 0.717) is 5.92 Å². The molecular formula is C10H18N2O3. The van der Waals surface area contributed by atoms with Gasteiger partial charge in [-0.15, -0.1) is 0 Å². The molecular weight excluding hydrogens is 196 g/mol. The van der Waals surface area contributed by atoms with E-state index in [9.17, 15) is 9.59 Å². The summed E-state index contributed by atoms with van der Waals surface area (Å²) in [7, 11) is 0. The fraction of sp³-hybridized carbons (Fsp3) is 0.800. The molecule has 0 spiro atoms. The quantitative estimate of drug-likeness (QED) is 0.717. The van der Waals surface area contributed by atoms with E-state index in [1.807, 2.05) is 0 Å². The van der Waals surface area contributed by atoms with Crippen LogP contribution in [0.15, 0.2) is 0 Å². The number of carbonyl (C=O) groups excluding carboxylic acids is 1. The molecule has 0 bridgehead atoms. The number of carbonyl (C=O) groups is 2. The molecule has 86 valence electrons. The Hall–Kier alpha value is -1.26. The molecule has 2 N–H and O–H groups in total. The van der Waals surface area contributed by atoms with Crippen LogP contribution in [0.5, 0.6) is 0 Å². The molecule has 5 heteroatoms. The summed E-state index contributed by atoms with van der Waals surface area (Å²) in [6.45, 7) is 5.07. The lowest BCUT2D eigenvalue weighted by atomic mass is 10.00. The number of rotatable bonds is 2. The highest BCUT2D eigenvalue weighted by Crippen LogP contribution is 2.15. The number of piperidine rings is 1. The monoisotopic (exact) mass is 214 g/mol. The minimum absolute atomic E-state index is 0.267. The van der Waals surface area contributed by atoms with E-state index < -0.39 is 12.0 Å². The maximum absolute atomic E-state index is 11.6. The molecule has 1 rings (SSSR count). The summed E-state index contributed by atoms with van der Waals surface area (Å²) in [5.74, 6) is -0.348. The van der Waals surface area contributed by atoms with E-state index in [0.717, 1.165) is 25.9 Å². The van der Waals surface area contributed by atoms with Gasteiger partial charge in [-0.05, 0) is 25.7 Å². The topological polar surface area (TPSA) is 69.6 Å². The first-order valence-corrected chi connectivity index (χ1v) is 5.29. The predicted molar refractivity (Wildman–Crippen MR) is 55.6 cm³/mol. The maximum Gasteiger partial charge on any atom is 0.325 e. The molecule has 0 radical (unpaired) electrons. The average Bonchev–Trinajstić information content (AvgIpc) is 2.18. The van der Waals surface area contributed by atoms with Crippen molar-refractivity contribution in [3.8, 4) is 0 Å². The second-order valence-electron chi connectivity index (χ2n) is 4.18. The fourth-order valence-electron chi connectivity index (χ4n) is 1.55. The lowest BCUT2D eigenvalue weighted by molar-refractivity contribution is -0.138. The van der Waals surface area contributed by atoms with Gasteiger partial charge in [0.25, 0.3) is 0 Å². The Balaban J connectivity index is 2.37. The Kier molecular flexibility index (Phi) is 3.94. The first kappa shape index (κ1) is 11.8. The number of aliphatic carboxylic acids is 1. The molecule has 1 saturated heterocycles. The third-order valence-corrected chi connectivity index (χ3v) is 2.78. The Bertz CT molecular complexity index is 247. The van der Waals surface area contributed by atoms with Crippen LogP contribution in [0.2, 0.25) is 0 Å². The molecule has 1 heterocycles. The molecule has 2 amide bonds. The number of carboxylic acid groups (broad SMARTS) is 1. The van der Waals surface area contributed by atoms with Crippen LogP contribution in [-0.2, 0) is 4.79 Å². The van der Waals surface area contributed by atoms with Crippen LogP contribution in [0.1, 0.15) is 26.7 Å². The van der Waals surface area contributed by atoms with Gasteiger partial charge in [-0.25, -0.2) is 4.79 Å². The zero-order chi connectivity index (χ0) is 11.4. The van der Waals surface area contributed by atoms with Crippen molar-refractivity contribution in [2.45, 2.75) is 32.7 Å². The number of carboxylic acids is 1. The van der Waals surface area contributed by atoms with Gasteiger partial charge in [0.05, 0.1) is 0 Å². The third kappa shape index (κ3) is 3.42. The van der Waals surface area contributed by atoms with Gasteiger partial charge < -0.3 is 15.3 Å². The van der Waals surface area contributed by atoms with Crippen LogP contribution in [0, 0.1) is 5.92 Å².